The van der Waals surface area contributed by atoms with Crippen LogP contribution in [-0.2, 0) is 9.53 Å². The predicted octanol–water partition coefficient (Wildman–Crippen LogP) is 0.901. The van der Waals surface area contributed by atoms with Crippen molar-refractivity contribution in [3.05, 3.63) is 0 Å². The minimum absolute atomic E-state index is 0.0457. The Balaban J connectivity index is 2.44. The number of carbonyl (C=O) groups excluding carboxylic acids is 1. The van der Waals surface area contributed by atoms with Crippen molar-refractivity contribution in [2.24, 2.45) is 17.6 Å². The maximum Gasteiger partial charge on any atom is 0.227 e. The van der Waals surface area contributed by atoms with Gasteiger partial charge in [-0.15, -0.1) is 0 Å². The molecular weight excluding hydrogens is 204 g/mol. The van der Waals surface area contributed by atoms with Crippen LogP contribution in [0.4, 0.5) is 0 Å². The minimum atomic E-state index is -0.170. The van der Waals surface area contributed by atoms with Crippen LogP contribution in [0.5, 0.6) is 0 Å². The lowest BCUT2D eigenvalue weighted by molar-refractivity contribution is -0.126. The summed E-state index contributed by atoms with van der Waals surface area (Å²) in [6.45, 7) is 7.33. The van der Waals surface area contributed by atoms with Crippen LogP contribution in [0.3, 0.4) is 0 Å². The normalized spacial score (nSPS) is 27.1. The molecule has 1 rings (SSSR count). The highest BCUT2D eigenvalue weighted by atomic mass is 16.5. The first-order valence-electron chi connectivity index (χ1n) is 6.23. The van der Waals surface area contributed by atoms with Gasteiger partial charge >= 0.3 is 0 Å². The van der Waals surface area contributed by atoms with Gasteiger partial charge in [0.05, 0.1) is 19.1 Å². The summed E-state index contributed by atoms with van der Waals surface area (Å²) in [6, 6.07) is 0.0733. The van der Waals surface area contributed by atoms with Crippen LogP contribution in [0.15, 0.2) is 0 Å². The number of hydrogen-bond acceptors (Lipinski definition) is 3. The van der Waals surface area contributed by atoms with Gasteiger partial charge < -0.3 is 15.8 Å². The molecule has 3 N–H and O–H groups in total. The van der Waals surface area contributed by atoms with Crippen molar-refractivity contribution >= 4 is 5.91 Å². The topological polar surface area (TPSA) is 64.3 Å². The van der Waals surface area contributed by atoms with E-state index in [4.69, 9.17) is 10.5 Å². The highest BCUT2D eigenvalue weighted by Gasteiger charge is 2.32. The van der Waals surface area contributed by atoms with Crippen LogP contribution in [0, 0.1) is 11.8 Å². The molecule has 1 aliphatic rings. The number of carbonyl (C=O) groups is 1. The second-order valence-corrected chi connectivity index (χ2v) is 4.68. The summed E-state index contributed by atoms with van der Waals surface area (Å²) >= 11 is 0. The molecule has 0 aromatic carbocycles. The van der Waals surface area contributed by atoms with Crippen LogP contribution >= 0.6 is 0 Å². The maximum absolute atomic E-state index is 11.9. The number of ether oxygens (including phenoxy) is 1. The second kappa shape index (κ2) is 6.21. The first kappa shape index (κ1) is 13.5. The number of nitrogens with one attached hydrogen (secondary N) is 1. The Morgan fingerprint density at radius 3 is 2.50 bits per heavy atom. The molecule has 0 spiro atoms. The Bertz CT molecular complexity index is 229. The summed E-state index contributed by atoms with van der Waals surface area (Å²) < 4.78 is 5.20. The van der Waals surface area contributed by atoms with E-state index in [1.165, 1.54) is 0 Å². The molecule has 0 radical (unpaired) electrons. The van der Waals surface area contributed by atoms with Gasteiger partial charge in [-0.1, -0.05) is 26.7 Å². The lowest BCUT2D eigenvalue weighted by Gasteiger charge is -2.24. The van der Waals surface area contributed by atoms with Crippen LogP contribution < -0.4 is 11.1 Å². The van der Waals surface area contributed by atoms with Gasteiger partial charge in [-0.3, -0.25) is 4.79 Å². The number of hydrogen-bond donors (Lipinski definition) is 2. The summed E-state index contributed by atoms with van der Waals surface area (Å²) in [6.07, 6.45) is 2.18. The van der Waals surface area contributed by atoms with Gasteiger partial charge in [0.1, 0.15) is 0 Å². The Kier molecular flexibility index (Phi) is 5.22. The van der Waals surface area contributed by atoms with E-state index in [1.807, 2.05) is 0 Å². The first-order valence-corrected chi connectivity index (χ1v) is 6.23. The van der Waals surface area contributed by atoms with Crippen molar-refractivity contribution in [3.8, 4) is 0 Å². The molecule has 0 aliphatic carbocycles. The number of nitrogens with two attached hydrogens (primary N) is 1. The van der Waals surface area contributed by atoms with E-state index < -0.39 is 0 Å². The predicted molar refractivity (Wildman–Crippen MR) is 64.0 cm³/mol. The molecule has 4 nitrogen and oxygen atoms in total. The van der Waals surface area contributed by atoms with Gasteiger partial charge in [-0.2, -0.15) is 0 Å². The van der Waals surface area contributed by atoms with Crippen molar-refractivity contribution < 1.29 is 9.53 Å². The monoisotopic (exact) mass is 228 g/mol. The standard InChI is InChI=1S/C12H24N2O2/c1-4-9(5-2)8(3)14-12(15)10-6-16-7-11(10)13/h8-11H,4-7,13H2,1-3H3,(H,14,15). The lowest BCUT2D eigenvalue weighted by Crippen LogP contribution is -2.46. The molecule has 1 saturated heterocycles. The molecule has 1 fully saturated rings. The number of amides is 1. The van der Waals surface area contributed by atoms with Gasteiger partial charge in [0, 0.05) is 12.1 Å². The molecule has 4 heteroatoms. The van der Waals surface area contributed by atoms with Gasteiger partial charge in [0.15, 0.2) is 0 Å². The summed E-state index contributed by atoms with van der Waals surface area (Å²) in [5, 5.41) is 3.06. The van der Waals surface area contributed by atoms with E-state index in [-0.39, 0.29) is 23.9 Å². The molecule has 0 bridgehead atoms. The van der Waals surface area contributed by atoms with E-state index in [1.54, 1.807) is 0 Å². The Morgan fingerprint density at radius 1 is 1.44 bits per heavy atom. The molecule has 1 heterocycles. The van der Waals surface area contributed by atoms with Crippen LogP contribution in [0.1, 0.15) is 33.6 Å². The average molecular weight is 228 g/mol. The van der Waals surface area contributed by atoms with E-state index in [0.717, 1.165) is 12.8 Å². The van der Waals surface area contributed by atoms with Crippen molar-refractivity contribution in [1.82, 2.24) is 5.32 Å². The molecule has 3 unspecified atom stereocenters. The molecule has 16 heavy (non-hydrogen) atoms. The second-order valence-electron chi connectivity index (χ2n) is 4.68. The van der Waals surface area contributed by atoms with E-state index in [9.17, 15) is 4.79 Å². The van der Waals surface area contributed by atoms with E-state index in [2.05, 4.69) is 26.1 Å². The zero-order valence-electron chi connectivity index (χ0n) is 10.5. The highest BCUT2D eigenvalue weighted by molar-refractivity contribution is 5.80. The molecule has 0 aromatic heterocycles. The van der Waals surface area contributed by atoms with Gasteiger partial charge in [0.25, 0.3) is 0 Å². The summed E-state index contributed by atoms with van der Waals surface area (Å²) in [5.74, 6) is 0.420. The Morgan fingerprint density at radius 2 is 2.06 bits per heavy atom. The third kappa shape index (κ3) is 3.19. The minimum Gasteiger partial charge on any atom is -0.379 e. The third-order valence-electron chi connectivity index (χ3n) is 3.59. The van der Waals surface area contributed by atoms with Crippen molar-refractivity contribution in [2.45, 2.75) is 45.7 Å². The van der Waals surface area contributed by atoms with E-state index in [0.29, 0.717) is 19.1 Å². The van der Waals surface area contributed by atoms with Crippen molar-refractivity contribution in [2.75, 3.05) is 13.2 Å². The summed E-state index contributed by atoms with van der Waals surface area (Å²) in [5.41, 5.74) is 5.81. The molecule has 0 aromatic rings. The number of rotatable bonds is 5. The first-order chi connectivity index (χ1) is 7.60. The van der Waals surface area contributed by atoms with Crippen LogP contribution in [0.2, 0.25) is 0 Å². The fraction of sp³-hybridized carbons (Fsp3) is 0.917. The maximum atomic E-state index is 11.9. The van der Waals surface area contributed by atoms with Crippen LogP contribution in [-0.4, -0.2) is 31.2 Å². The van der Waals surface area contributed by atoms with Crippen molar-refractivity contribution in [1.29, 1.82) is 0 Å². The van der Waals surface area contributed by atoms with Gasteiger partial charge in [-0.25, -0.2) is 0 Å². The largest absolute Gasteiger partial charge is 0.379 e. The molecule has 0 saturated carbocycles. The Hall–Kier alpha value is -0.610. The summed E-state index contributed by atoms with van der Waals surface area (Å²) in [4.78, 5) is 11.9. The molecule has 3 atom stereocenters. The fourth-order valence-corrected chi connectivity index (χ4v) is 2.29. The molecule has 1 aliphatic heterocycles. The quantitative estimate of drug-likeness (QED) is 0.735. The molecular formula is C12H24N2O2. The SMILES string of the molecule is CCC(CC)C(C)NC(=O)C1COCC1N. The highest BCUT2D eigenvalue weighted by Crippen LogP contribution is 2.16. The lowest BCUT2D eigenvalue weighted by atomic mass is 9.94. The van der Waals surface area contributed by atoms with Gasteiger partial charge in [0.2, 0.25) is 5.91 Å². The van der Waals surface area contributed by atoms with Crippen LogP contribution in [0.25, 0.3) is 0 Å². The third-order valence-corrected chi connectivity index (χ3v) is 3.59. The average Bonchev–Trinajstić information content (AvgIpc) is 2.66. The smallest absolute Gasteiger partial charge is 0.227 e. The van der Waals surface area contributed by atoms with Crippen molar-refractivity contribution in [3.63, 3.8) is 0 Å². The Labute approximate surface area is 97.9 Å². The zero-order valence-corrected chi connectivity index (χ0v) is 10.5. The molecule has 1 amide bonds. The zero-order chi connectivity index (χ0) is 12.1. The van der Waals surface area contributed by atoms with E-state index >= 15 is 0 Å². The van der Waals surface area contributed by atoms with Gasteiger partial charge in [-0.05, 0) is 12.8 Å². The molecule has 94 valence electrons. The summed E-state index contributed by atoms with van der Waals surface area (Å²) in [7, 11) is 0. The fourth-order valence-electron chi connectivity index (χ4n) is 2.29.